The van der Waals surface area contributed by atoms with Crippen LogP contribution in [-0.4, -0.2) is 24.1 Å². The smallest absolute Gasteiger partial charge is 0.323 e. The van der Waals surface area contributed by atoms with E-state index in [1.54, 1.807) is 12.1 Å². The molecule has 0 bridgehead atoms. The first kappa shape index (κ1) is 18.7. The highest BCUT2D eigenvalue weighted by Crippen LogP contribution is 2.26. The average molecular weight is 443 g/mol. The Labute approximate surface area is 171 Å². The lowest BCUT2D eigenvalue weighted by molar-refractivity contribution is 0.262. The zero-order valence-electron chi connectivity index (χ0n) is 15.4. The van der Waals surface area contributed by atoms with Gasteiger partial charge in [0.05, 0.1) is 0 Å². The third kappa shape index (κ3) is 3.94. The number of fused-ring (bicyclic) bond motifs is 1. The number of amides is 2. The van der Waals surface area contributed by atoms with Crippen LogP contribution in [0.4, 0.5) is 26.4 Å². The van der Waals surface area contributed by atoms with Gasteiger partial charge >= 0.3 is 6.03 Å². The van der Waals surface area contributed by atoms with Gasteiger partial charge in [0.25, 0.3) is 0 Å². The molecule has 2 aromatic carbocycles. The molecule has 1 saturated heterocycles. The number of pyridine rings is 1. The fraction of sp³-hybridized carbons (Fsp3) is 0.238. The van der Waals surface area contributed by atoms with Gasteiger partial charge in [0.2, 0.25) is 0 Å². The second-order valence-electron chi connectivity index (χ2n) is 6.94. The fourth-order valence-corrected chi connectivity index (χ4v) is 3.64. The molecule has 1 aromatic heterocycles. The standard InChI is InChI=1S/C21H20BrFN4O/c1-13-10-15(5-6-17(13)22)24-21(28)25-16-11-14-4-7-19(27-8-2-3-9-27)26-20(14)18(23)12-16/h4-7,10-12H,2-3,8-9H2,1H3,(H2,24,25,28). The molecule has 1 aliphatic rings. The Morgan fingerprint density at radius 2 is 1.82 bits per heavy atom. The number of nitrogens with zero attached hydrogens (tertiary/aromatic N) is 2. The number of hydrogen-bond donors (Lipinski definition) is 2. The zero-order chi connectivity index (χ0) is 19.7. The molecule has 7 heteroatoms. The Hall–Kier alpha value is -2.67. The highest BCUT2D eigenvalue weighted by Gasteiger charge is 2.15. The van der Waals surface area contributed by atoms with Gasteiger partial charge in [-0.15, -0.1) is 0 Å². The van der Waals surface area contributed by atoms with Crippen molar-refractivity contribution in [1.82, 2.24) is 4.98 Å². The van der Waals surface area contributed by atoms with Crippen molar-refractivity contribution in [3.63, 3.8) is 0 Å². The highest BCUT2D eigenvalue weighted by atomic mass is 79.9. The Balaban J connectivity index is 1.52. The molecule has 4 rings (SSSR count). The lowest BCUT2D eigenvalue weighted by Crippen LogP contribution is -2.20. The van der Waals surface area contributed by atoms with Gasteiger partial charge in [0.15, 0.2) is 5.82 Å². The average Bonchev–Trinajstić information content (AvgIpc) is 3.19. The molecule has 3 aromatic rings. The third-order valence-corrected chi connectivity index (χ3v) is 5.72. The molecule has 0 saturated carbocycles. The van der Waals surface area contributed by atoms with Gasteiger partial charge in [-0.3, -0.25) is 0 Å². The minimum absolute atomic E-state index is 0.318. The number of aryl methyl sites for hydroxylation is 1. The summed E-state index contributed by atoms with van der Waals surface area (Å²) in [7, 11) is 0. The number of nitrogens with one attached hydrogen (secondary N) is 2. The van der Waals surface area contributed by atoms with Crippen LogP contribution in [0.15, 0.2) is 46.9 Å². The van der Waals surface area contributed by atoms with E-state index >= 15 is 0 Å². The number of halogens is 2. The van der Waals surface area contributed by atoms with Crippen molar-refractivity contribution in [2.45, 2.75) is 19.8 Å². The largest absolute Gasteiger partial charge is 0.357 e. The minimum atomic E-state index is -0.451. The van der Waals surface area contributed by atoms with Crippen LogP contribution in [0.5, 0.6) is 0 Å². The Morgan fingerprint density at radius 3 is 2.57 bits per heavy atom. The van der Waals surface area contributed by atoms with Crippen LogP contribution < -0.4 is 15.5 Å². The minimum Gasteiger partial charge on any atom is -0.357 e. The van der Waals surface area contributed by atoms with Gasteiger partial charge in [-0.05, 0) is 67.8 Å². The number of carbonyl (C=O) groups is 1. The van der Waals surface area contributed by atoms with Crippen LogP contribution in [0, 0.1) is 12.7 Å². The summed E-state index contributed by atoms with van der Waals surface area (Å²) in [6, 6.07) is 11.9. The first-order valence-corrected chi connectivity index (χ1v) is 9.98. The monoisotopic (exact) mass is 442 g/mol. The number of benzene rings is 2. The molecule has 0 radical (unpaired) electrons. The molecular formula is C21H20BrFN4O. The lowest BCUT2D eigenvalue weighted by atomic mass is 10.2. The summed E-state index contributed by atoms with van der Waals surface area (Å²) in [5.74, 6) is 0.348. The predicted octanol–water partition coefficient (Wildman–Crippen LogP) is 5.69. The number of carbonyl (C=O) groups excluding carboxylic acids is 1. The first-order chi connectivity index (χ1) is 13.5. The Kier molecular flexibility index (Phi) is 5.17. The molecule has 1 aliphatic heterocycles. The second-order valence-corrected chi connectivity index (χ2v) is 7.79. The van der Waals surface area contributed by atoms with Crippen LogP contribution >= 0.6 is 15.9 Å². The van der Waals surface area contributed by atoms with Crippen LogP contribution in [0.2, 0.25) is 0 Å². The molecule has 0 spiro atoms. The SMILES string of the molecule is Cc1cc(NC(=O)Nc2cc(F)c3nc(N4CCCC4)ccc3c2)ccc1Br. The van der Waals surface area contributed by atoms with E-state index in [1.165, 1.54) is 6.07 Å². The molecule has 0 aliphatic carbocycles. The summed E-state index contributed by atoms with van der Waals surface area (Å²) in [5, 5.41) is 6.09. The molecule has 28 heavy (non-hydrogen) atoms. The summed E-state index contributed by atoms with van der Waals surface area (Å²) in [5.41, 5.74) is 2.37. The quantitative estimate of drug-likeness (QED) is 0.547. The van der Waals surface area contributed by atoms with Crippen molar-refractivity contribution < 1.29 is 9.18 Å². The van der Waals surface area contributed by atoms with Gasteiger partial charge in [-0.1, -0.05) is 15.9 Å². The molecule has 144 valence electrons. The van der Waals surface area contributed by atoms with Crippen molar-refractivity contribution >= 4 is 50.1 Å². The van der Waals surface area contributed by atoms with E-state index in [2.05, 4.69) is 36.4 Å². The van der Waals surface area contributed by atoms with Crippen LogP contribution in [-0.2, 0) is 0 Å². The van der Waals surface area contributed by atoms with E-state index in [-0.39, 0.29) is 0 Å². The number of anilines is 3. The predicted molar refractivity (Wildman–Crippen MR) is 115 cm³/mol. The van der Waals surface area contributed by atoms with Gasteiger partial charge < -0.3 is 15.5 Å². The van der Waals surface area contributed by atoms with E-state index in [0.717, 1.165) is 41.8 Å². The summed E-state index contributed by atoms with van der Waals surface area (Å²) < 4.78 is 15.6. The molecule has 5 nitrogen and oxygen atoms in total. The number of rotatable bonds is 3. The number of aromatic nitrogens is 1. The molecule has 0 unspecified atom stereocenters. The van der Waals surface area contributed by atoms with Crippen LogP contribution in [0.1, 0.15) is 18.4 Å². The van der Waals surface area contributed by atoms with Crippen molar-refractivity contribution in [2.24, 2.45) is 0 Å². The van der Waals surface area contributed by atoms with Crippen LogP contribution in [0.25, 0.3) is 10.9 Å². The normalized spacial score (nSPS) is 13.8. The highest BCUT2D eigenvalue weighted by molar-refractivity contribution is 9.10. The molecular weight excluding hydrogens is 423 g/mol. The van der Waals surface area contributed by atoms with Crippen molar-refractivity contribution in [2.75, 3.05) is 28.6 Å². The van der Waals surface area contributed by atoms with Crippen molar-refractivity contribution in [3.05, 3.63) is 58.3 Å². The number of urea groups is 1. The summed E-state index contributed by atoms with van der Waals surface area (Å²) in [6.45, 7) is 3.85. The maximum absolute atomic E-state index is 14.6. The van der Waals surface area contributed by atoms with Gasteiger partial charge in [0.1, 0.15) is 11.3 Å². The molecule has 1 fully saturated rings. The molecule has 0 atom stereocenters. The van der Waals surface area contributed by atoms with E-state index in [1.807, 2.05) is 31.2 Å². The molecule has 2 amide bonds. The van der Waals surface area contributed by atoms with E-state index in [9.17, 15) is 9.18 Å². The third-order valence-electron chi connectivity index (χ3n) is 4.83. The molecule has 2 heterocycles. The zero-order valence-corrected chi connectivity index (χ0v) is 17.0. The maximum atomic E-state index is 14.6. The Bertz CT molecular complexity index is 1050. The van der Waals surface area contributed by atoms with E-state index in [0.29, 0.717) is 22.3 Å². The first-order valence-electron chi connectivity index (χ1n) is 9.19. The van der Waals surface area contributed by atoms with Gasteiger partial charge in [0, 0.05) is 34.3 Å². The number of hydrogen-bond acceptors (Lipinski definition) is 3. The van der Waals surface area contributed by atoms with Gasteiger partial charge in [-0.25, -0.2) is 14.2 Å². The molecule has 2 N–H and O–H groups in total. The van der Waals surface area contributed by atoms with Crippen molar-refractivity contribution in [3.8, 4) is 0 Å². The summed E-state index contributed by atoms with van der Waals surface area (Å²) in [4.78, 5) is 18.9. The van der Waals surface area contributed by atoms with Gasteiger partial charge in [-0.2, -0.15) is 0 Å². The summed E-state index contributed by atoms with van der Waals surface area (Å²) in [6.07, 6.45) is 2.27. The lowest BCUT2D eigenvalue weighted by Gasteiger charge is -2.17. The Morgan fingerprint density at radius 1 is 1.07 bits per heavy atom. The van der Waals surface area contributed by atoms with Crippen LogP contribution in [0.3, 0.4) is 0 Å². The summed E-state index contributed by atoms with van der Waals surface area (Å²) >= 11 is 3.43. The van der Waals surface area contributed by atoms with E-state index in [4.69, 9.17) is 0 Å². The van der Waals surface area contributed by atoms with Crippen molar-refractivity contribution in [1.29, 1.82) is 0 Å². The van der Waals surface area contributed by atoms with E-state index < -0.39 is 11.8 Å². The topological polar surface area (TPSA) is 57.3 Å². The fourth-order valence-electron chi connectivity index (χ4n) is 3.39. The second kappa shape index (κ2) is 7.75. The maximum Gasteiger partial charge on any atom is 0.323 e.